The van der Waals surface area contributed by atoms with Crippen LogP contribution < -0.4 is 5.32 Å². The van der Waals surface area contributed by atoms with Crippen LogP contribution in [0.3, 0.4) is 0 Å². The van der Waals surface area contributed by atoms with Gasteiger partial charge >= 0.3 is 0 Å². The van der Waals surface area contributed by atoms with Crippen molar-refractivity contribution in [2.24, 2.45) is 5.92 Å². The van der Waals surface area contributed by atoms with E-state index in [1.807, 2.05) is 0 Å². The number of fused-ring (bicyclic) bond motifs is 1. The van der Waals surface area contributed by atoms with E-state index in [4.69, 9.17) is 0 Å². The second-order valence-corrected chi connectivity index (χ2v) is 5.66. The first-order valence-corrected chi connectivity index (χ1v) is 7.08. The summed E-state index contributed by atoms with van der Waals surface area (Å²) in [5.41, 5.74) is 0. The second-order valence-electron chi connectivity index (χ2n) is 5.66. The number of carbonyl (C=O) groups excluding carboxylic acids is 1. The summed E-state index contributed by atoms with van der Waals surface area (Å²) in [6, 6.07) is 0.649. The molecule has 112 valence electrons. The van der Waals surface area contributed by atoms with Crippen molar-refractivity contribution in [3.8, 4) is 0 Å². The molecule has 6 heteroatoms. The molecule has 0 spiro atoms. The normalized spacial score (nSPS) is 31.1. The van der Waals surface area contributed by atoms with E-state index in [-0.39, 0.29) is 30.7 Å². The minimum atomic E-state index is 0. The van der Waals surface area contributed by atoms with E-state index < -0.39 is 0 Å². The lowest BCUT2D eigenvalue weighted by molar-refractivity contribution is -0.138. The maximum atomic E-state index is 12.3. The fourth-order valence-electron chi connectivity index (χ4n) is 3.48. The molecule has 3 aliphatic rings. The van der Waals surface area contributed by atoms with Gasteiger partial charge in [0.1, 0.15) is 0 Å². The summed E-state index contributed by atoms with van der Waals surface area (Å²) in [5, 5.41) is 3.29. The molecule has 0 bridgehead atoms. The Hall–Kier alpha value is -0.0300. The zero-order valence-corrected chi connectivity index (χ0v) is 13.0. The zero-order valence-electron chi connectivity index (χ0n) is 11.3. The van der Waals surface area contributed by atoms with Crippen LogP contribution in [-0.2, 0) is 4.79 Å². The summed E-state index contributed by atoms with van der Waals surface area (Å²) in [7, 11) is 0. The molecule has 0 aromatic carbocycles. The average molecular weight is 310 g/mol. The van der Waals surface area contributed by atoms with Crippen molar-refractivity contribution >= 4 is 30.7 Å². The summed E-state index contributed by atoms with van der Waals surface area (Å²) in [4.78, 5) is 17.1. The first-order valence-electron chi connectivity index (χ1n) is 7.08. The van der Waals surface area contributed by atoms with Gasteiger partial charge in [-0.05, 0) is 32.4 Å². The van der Waals surface area contributed by atoms with Crippen LogP contribution in [0.5, 0.6) is 0 Å². The molecule has 0 aliphatic carbocycles. The van der Waals surface area contributed by atoms with Gasteiger partial charge in [0.2, 0.25) is 5.91 Å². The topological polar surface area (TPSA) is 35.6 Å². The van der Waals surface area contributed by atoms with Crippen molar-refractivity contribution in [2.45, 2.75) is 31.7 Å². The first kappa shape index (κ1) is 17.0. The fourth-order valence-corrected chi connectivity index (χ4v) is 3.48. The van der Waals surface area contributed by atoms with Crippen LogP contribution in [0.2, 0.25) is 0 Å². The van der Waals surface area contributed by atoms with Gasteiger partial charge in [-0.15, -0.1) is 24.8 Å². The van der Waals surface area contributed by atoms with E-state index in [1.54, 1.807) is 0 Å². The number of rotatable bonds is 1. The second kappa shape index (κ2) is 7.67. The van der Waals surface area contributed by atoms with E-state index in [1.165, 1.54) is 25.8 Å². The van der Waals surface area contributed by atoms with Crippen LogP contribution in [0.4, 0.5) is 0 Å². The number of halogens is 2. The van der Waals surface area contributed by atoms with Crippen LogP contribution >= 0.6 is 24.8 Å². The minimum absolute atomic E-state index is 0. The van der Waals surface area contributed by atoms with E-state index in [9.17, 15) is 4.79 Å². The Morgan fingerprint density at radius 1 is 1.05 bits per heavy atom. The molecular formula is C13H25Cl2N3O. The number of carbonyl (C=O) groups is 1. The molecule has 1 N–H and O–H groups in total. The highest BCUT2D eigenvalue weighted by molar-refractivity contribution is 5.85. The number of nitrogens with zero attached hydrogens (tertiary/aromatic N) is 2. The highest BCUT2D eigenvalue weighted by atomic mass is 35.5. The number of hydrogen-bond donors (Lipinski definition) is 1. The molecule has 3 rings (SSSR count). The highest BCUT2D eigenvalue weighted by Crippen LogP contribution is 2.22. The smallest absolute Gasteiger partial charge is 0.227 e. The lowest BCUT2D eigenvalue weighted by Crippen LogP contribution is -2.57. The quantitative estimate of drug-likeness (QED) is 0.789. The fraction of sp³-hybridized carbons (Fsp3) is 0.923. The third-order valence-corrected chi connectivity index (χ3v) is 4.56. The van der Waals surface area contributed by atoms with Gasteiger partial charge in [-0.2, -0.15) is 0 Å². The van der Waals surface area contributed by atoms with E-state index >= 15 is 0 Å². The minimum Gasteiger partial charge on any atom is -0.340 e. The van der Waals surface area contributed by atoms with E-state index in [0.717, 1.165) is 39.1 Å². The molecule has 0 aromatic rings. The molecule has 1 amide bonds. The number of nitrogens with one attached hydrogen (secondary N) is 1. The lowest BCUT2D eigenvalue weighted by Gasteiger charge is -2.44. The Kier molecular flexibility index (Phi) is 6.87. The first-order chi connectivity index (χ1) is 8.34. The summed E-state index contributed by atoms with van der Waals surface area (Å²) in [5.74, 6) is 0.658. The number of amides is 1. The van der Waals surface area contributed by atoms with Crippen molar-refractivity contribution in [2.75, 3.05) is 39.3 Å². The van der Waals surface area contributed by atoms with Crippen molar-refractivity contribution < 1.29 is 4.79 Å². The predicted molar refractivity (Wildman–Crippen MR) is 81.3 cm³/mol. The van der Waals surface area contributed by atoms with Gasteiger partial charge in [0.25, 0.3) is 0 Å². The van der Waals surface area contributed by atoms with Gasteiger partial charge in [0, 0.05) is 32.2 Å². The SMILES string of the molecule is Cl.Cl.O=C(C1CCNC1)N1CCN2CCCCC2C1. The average Bonchev–Trinajstić information content (AvgIpc) is 2.91. The van der Waals surface area contributed by atoms with Crippen molar-refractivity contribution in [3.05, 3.63) is 0 Å². The van der Waals surface area contributed by atoms with Gasteiger partial charge in [0.15, 0.2) is 0 Å². The van der Waals surface area contributed by atoms with Crippen LogP contribution in [0.25, 0.3) is 0 Å². The molecule has 3 fully saturated rings. The molecule has 19 heavy (non-hydrogen) atoms. The van der Waals surface area contributed by atoms with Gasteiger partial charge in [-0.25, -0.2) is 0 Å². The molecule has 3 heterocycles. The van der Waals surface area contributed by atoms with Crippen molar-refractivity contribution in [1.29, 1.82) is 0 Å². The van der Waals surface area contributed by atoms with Gasteiger partial charge in [-0.1, -0.05) is 6.42 Å². The number of piperazine rings is 1. The molecule has 0 radical (unpaired) electrons. The summed E-state index contributed by atoms with van der Waals surface area (Å²) < 4.78 is 0. The van der Waals surface area contributed by atoms with Crippen LogP contribution in [-0.4, -0.2) is 61.0 Å². The maximum Gasteiger partial charge on any atom is 0.227 e. The van der Waals surface area contributed by atoms with E-state index in [0.29, 0.717) is 11.9 Å². The number of piperidine rings is 1. The standard InChI is InChI=1S/C13H23N3O.2ClH/c17-13(11-4-5-14-9-11)16-8-7-15-6-2-1-3-12(15)10-16;;/h11-12,14H,1-10H2;2*1H. The highest BCUT2D eigenvalue weighted by Gasteiger charge is 2.34. The zero-order chi connectivity index (χ0) is 11.7. The van der Waals surface area contributed by atoms with Gasteiger partial charge in [-0.3, -0.25) is 9.69 Å². The van der Waals surface area contributed by atoms with Crippen LogP contribution in [0.1, 0.15) is 25.7 Å². The Morgan fingerprint density at radius 2 is 1.89 bits per heavy atom. The molecule has 2 atom stereocenters. The Morgan fingerprint density at radius 3 is 2.63 bits per heavy atom. The monoisotopic (exact) mass is 309 g/mol. The third-order valence-electron chi connectivity index (χ3n) is 4.56. The molecular weight excluding hydrogens is 285 g/mol. The summed E-state index contributed by atoms with van der Waals surface area (Å²) >= 11 is 0. The van der Waals surface area contributed by atoms with Crippen molar-refractivity contribution in [1.82, 2.24) is 15.1 Å². The maximum absolute atomic E-state index is 12.3. The van der Waals surface area contributed by atoms with E-state index in [2.05, 4.69) is 15.1 Å². The van der Waals surface area contributed by atoms with Crippen LogP contribution in [0.15, 0.2) is 0 Å². The molecule has 4 nitrogen and oxygen atoms in total. The van der Waals surface area contributed by atoms with Gasteiger partial charge < -0.3 is 10.2 Å². The van der Waals surface area contributed by atoms with Crippen LogP contribution in [0, 0.1) is 5.92 Å². The molecule has 2 unspecified atom stereocenters. The Balaban J connectivity index is 0.000000902. The molecule has 3 aliphatic heterocycles. The molecule has 3 saturated heterocycles. The molecule has 0 aromatic heterocycles. The summed E-state index contributed by atoms with van der Waals surface area (Å²) in [6.07, 6.45) is 5.00. The lowest BCUT2D eigenvalue weighted by atomic mass is 9.98. The third kappa shape index (κ3) is 3.75. The van der Waals surface area contributed by atoms with Gasteiger partial charge in [0.05, 0.1) is 5.92 Å². The molecule has 0 saturated carbocycles. The Bertz CT molecular complexity index is 298. The summed E-state index contributed by atoms with van der Waals surface area (Å²) in [6.45, 7) is 6.18. The Labute approximate surface area is 128 Å². The predicted octanol–water partition coefficient (Wildman–Crippen LogP) is 1.14. The largest absolute Gasteiger partial charge is 0.340 e. The van der Waals surface area contributed by atoms with Crippen molar-refractivity contribution in [3.63, 3.8) is 0 Å². The number of hydrogen-bond acceptors (Lipinski definition) is 3.